The Morgan fingerprint density at radius 3 is 1.16 bits per heavy atom. The largest absolute Gasteiger partial charge is 0.493 e. The summed E-state index contributed by atoms with van der Waals surface area (Å²) in [5.41, 5.74) is 29.9. The normalized spacial score (nSPS) is 13.9. The van der Waals surface area contributed by atoms with Crippen LogP contribution in [-0.4, -0.2) is 161 Å². The molecule has 12 heterocycles. The van der Waals surface area contributed by atoms with E-state index in [1.165, 1.54) is 158 Å². The van der Waals surface area contributed by atoms with Crippen molar-refractivity contribution in [3.05, 3.63) is 213 Å². The average molecular weight is 1600 g/mol. The van der Waals surface area contributed by atoms with Crippen LogP contribution in [-0.2, 0) is 99.9 Å². The molecular formula is C96H123N9O12. The lowest BCUT2D eigenvalue weighted by Gasteiger charge is -2.19. The second-order valence-corrected chi connectivity index (χ2v) is 30.8. The fourth-order valence-corrected chi connectivity index (χ4v) is 16.5. The maximum absolute atomic E-state index is 9.65. The third-order valence-corrected chi connectivity index (χ3v) is 21.8. The van der Waals surface area contributed by atoms with E-state index in [9.17, 15) is 4.79 Å². The van der Waals surface area contributed by atoms with Crippen LogP contribution in [0.15, 0.2) is 146 Å². The van der Waals surface area contributed by atoms with Crippen molar-refractivity contribution < 1.29 is 58.6 Å². The molecule has 0 saturated carbocycles. The number of aryl methyl sites for hydroxylation is 10. The molecule has 6 aromatic carbocycles. The van der Waals surface area contributed by atoms with Crippen molar-refractivity contribution in [2.75, 3.05) is 101 Å². The van der Waals surface area contributed by atoms with Gasteiger partial charge in [-0.3, -0.25) is 10.5 Å². The Morgan fingerprint density at radius 1 is 0.453 bits per heavy atom. The molecule has 12 aromatic rings. The first kappa shape index (κ1) is 87.3. The maximum Gasteiger partial charge on any atom is 0.328 e. The minimum Gasteiger partial charge on any atom is -0.493 e. The Bertz CT molecular complexity index is 5160. The minimum atomic E-state index is -1.05. The first-order chi connectivity index (χ1) is 57.0. The molecule has 117 heavy (non-hydrogen) atoms. The van der Waals surface area contributed by atoms with Gasteiger partial charge in [0, 0.05) is 176 Å². The molecular weight excluding hydrogens is 1470 g/mol. The highest BCUT2D eigenvalue weighted by Crippen LogP contribution is 2.41. The Kier molecular flexibility index (Phi) is 32.6. The number of aromatic nitrogens is 6. The third kappa shape index (κ3) is 22.0. The van der Waals surface area contributed by atoms with Crippen molar-refractivity contribution in [2.45, 2.75) is 137 Å². The number of H-pyrrole nitrogens is 3. The predicted octanol–water partition coefficient (Wildman–Crippen LogP) is 18.9. The van der Waals surface area contributed by atoms with Crippen LogP contribution in [0.1, 0.15) is 139 Å². The van der Waals surface area contributed by atoms with Crippen LogP contribution in [0.25, 0.3) is 77.6 Å². The third-order valence-electron chi connectivity index (χ3n) is 21.8. The number of carbonyl (C=O) groups is 1. The van der Waals surface area contributed by atoms with Gasteiger partial charge in [0.05, 0.1) is 26.4 Å². The molecule has 6 aliphatic heterocycles. The van der Waals surface area contributed by atoms with Gasteiger partial charge in [0.15, 0.2) is 0 Å². The Hall–Kier alpha value is -10.5. The molecule has 8 N–H and O–H groups in total. The number of nitrogens with one attached hydrogen (secondary N) is 3. The number of carboxylic acid groups (broad SMARTS) is 1. The number of nitrogens with zero attached hydrogens (tertiary/aromatic N) is 5. The van der Waals surface area contributed by atoms with Gasteiger partial charge in [-0.2, -0.15) is 0 Å². The molecule has 21 nitrogen and oxygen atoms in total. The standard InChI is InChI=1S/C16H22N2O.C15H20N2O.C15H19NO.C14H18N2O.2C14H15NO.C4H6O4.C4H8O2/c1-17(2)9-8-12-11-18(3)14-6-7-15-13(16(12)14)5-4-10-19-15;1-17(2)8-7-11-10-16-13-5-6-14-12(15(11)13)4-3-9-18-14;1-3-5-11-10-16(2)13-7-8-14-12(15(11)13)6-4-9-17-14;1-16-9-10(6-7-15)14-11-3-2-8-17-13(11)5-4-12(14)16;2*1-2-4-10-9-15-12-6-7-13-11(14(10)12)5-3-8-16-13;5-4(6)2-1-3-8-7;1-2-3-4-6-5/h6-7,11H,4-5,8-10H2,1-3H3;5-6,10,16H,3-4,7-9H2,1-2H3;7-8,10H,3-6,9H2,1-2H3;4-5,9H,2-3,6-8,15H2,1H3;2*3,5-7,9,15H,2,4,8H2,1H3;1-2,7H,3H2,(H,5,6);2-3,5H,4H2,1H3/b;;;;;;2-1-;3-2-. The molecule has 624 valence electrons. The number of allylic oxidation sites excluding steroid dienone is 1. The van der Waals surface area contributed by atoms with E-state index in [0.717, 1.165) is 170 Å². The van der Waals surface area contributed by atoms with Gasteiger partial charge in [0.2, 0.25) is 0 Å². The van der Waals surface area contributed by atoms with Gasteiger partial charge in [0.1, 0.15) is 60.9 Å². The van der Waals surface area contributed by atoms with E-state index >= 15 is 0 Å². The minimum absolute atomic E-state index is 0.0910. The molecule has 18 rings (SSSR count). The van der Waals surface area contributed by atoms with Gasteiger partial charge in [-0.25, -0.2) is 14.6 Å². The first-order valence-electron chi connectivity index (χ1n) is 41.8. The number of ether oxygens (including phenoxy) is 6. The zero-order chi connectivity index (χ0) is 82.7. The lowest BCUT2D eigenvalue weighted by Crippen LogP contribution is -2.15. The molecule has 0 unspecified atom stereocenters. The van der Waals surface area contributed by atoms with Crippen LogP contribution >= 0.6 is 0 Å². The van der Waals surface area contributed by atoms with Crippen LogP contribution in [0.2, 0.25) is 0 Å². The zero-order valence-electron chi connectivity index (χ0n) is 70.6. The summed E-state index contributed by atoms with van der Waals surface area (Å²) in [4.78, 5) is 31.4. The Balaban J connectivity index is 0.000000134. The fourth-order valence-electron chi connectivity index (χ4n) is 16.5. The number of likely N-dealkylation sites (N-methyl/N-ethyl adjacent to an activating group) is 2. The van der Waals surface area contributed by atoms with Gasteiger partial charge in [-0.15, -0.1) is 0 Å². The summed E-state index contributed by atoms with van der Waals surface area (Å²) < 4.78 is 41.0. The summed E-state index contributed by atoms with van der Waals surface area (Å²) >= 11 is 0. The van der Waals surface area contributed by atoms with Crippen molar-refractivity contribution in [3.63, 3.8) is 0 Å². The Labute approximate surface area is 689 Å². The van der Waals surface area contributed by atoms with E-state index in [0.29, 0.717) is 19.8 Å². The van der Waals surface area contributed by atoms with Crippen molar-refractivity contribution >= 4 is 83.5 Å². The van der Waals surface area contributed by atoms with Crippen molar-refractivity contribution in [2.24, 2.45) is 26.9 Å². The van der Waals surface area contributed by atoms with Crippen LogP contribution in [0, 0.1) is 0 Å². The van der Waals surface area contributed by atoms with Gasteiger partial charge in [0.25, 0.3) is 0 Å². The summed E-state index contributed by atoms with van der Waals surface area (Å²) in [5, 5.41) is 31.5. The number of fused-ring (bicyclic) bond motifs is 18. The molecule has 0 saturated heterocycles. The highest BCUT2D eigenvalue weighted by molar-refractivity contribution is 5.97. The van der Waals surface area contributed by atoms with Crippen LogP contribution in [0.5, 0.6) is 34.5 Å². The second kappa shape index (κ2) is 43.6. The van der Waals surface area contributed by atoms with Crippen LogP contribution < -0.4 is 34.2 Å². The lowest BCUT2D eigenvalue weighted by molar-refractivity contribution is -0.231. The SMILES string of the molecule is C/C=C\COO.CCCc1c[nH]c2ccc3c(c12)C=CCO3.CCCc1c[nH]c2ccc3c(c12)C=CCO3.CCCc1cn(C)c2ccc3c(c12)CCCO3.CN(C)CCc1c[nH]c2ccc3c(c12)CCCO3.CN(C)CCc1cn(C)c2ccc3c(c12)CCCO3.Cn1cc(CCN)c2c3c(ccc21)OCCC3.O=C(O)/C=C\COO. The summed E-state index contributed by atoms with van der Waals surface area (Å²) in [5.74, 6) is 5.30. The molecule has 0 atom stereocenters. The van der Waals surface area contributed by atoms with Gasteiger partial charge < -0.3 is 77.7 Å². The van der Waals surface area contributed by atoms with Gasteiger partial charge in [-0.1, -0.05) is 64.3 Å². The number of benzene rings is 6. The van der Waals surface area contributed by atoms with E-state index in [1.807, 2.05) is 19.1 Å². The van der Waals surface area contributed by atoms with Gasteiger partial charge in [-0.05, 0) is 256 Å². The monoisotopic (exact) mass is 1590 g/mol. The quantitative estimate of drug-likeness (QED) is 0.0172. The molecule has 0 bridgehead atoms. The van der Waals surface area contributed by atoms with E-state index in [1.54, 1.807) is 12.2 Å². The number of nitrogens with two attached hydrogens (primary N) is 1. The summed E-state index contributed by atoms with van der Waals surface area (Å²) in [7, 11) is 14.9. The van der Waals surface area contributed by atoms with Crippen LogP contribution in [0.3, 0.4) is 0 Å². The van der Waals surface area contributed by atoms with Gasteiger partial charge >= 0.3 is 5.97 Å². The number of hydrogen-bond donors (Lipinski definition) is 7. The van der Waals surface area contributed by atoms with E-state index in [2.05, 4.69) is 240 Å². The summed E-state index contributed by atoms with van der Waals surface area (Å²) in [6.07, 6.45) is 46.4. The average Bonchev–Trinajstić information content (AvgIpc) is 1.65. The first-order valence-corrected chi connectivity index (χ1v) is 41.8. The predicted molar refractivity (Wildman–Crippen MR) is 476 cm³/mol. The molecule has 6 aliphatic rings. The lowest BCUT2D eigenvalue weighted by atomic mass is 9.98. The molecule has 0 fully saturated rings. The number of aliphatic carboxylic acids is 1. The Morgan fingerprint density at radius 2 is 0.795 bits per heavy atom. The second-order valence-electron chi connectivity index (χ2n) is 30.8. The highest BCUT2D eigenvalue weighted by Gasteiger charge is 2.24. The molecule has 0 amide bonds. The van der Waals surface area contributed by atoms with E-state index in [4.69, 9.17) is 49.8 Å². The molecule has 0 radical (unpaired) electrons. The number of hydrogen-bond acceptors (Lipinski definition) is 14. The molecule has 0 aliphatic carbocycles. The molecule has 21 heteroatoms. The van der Waals surface area contributed by atoms with Crippen molar-refractivity contribution in [3.8, 4) is 34.5 Å². The fraction of sp³-hybridized carbons (Fsp3) is 0.406. The molecule has 0 spiro atoms. The number of rotatable bonds is 19. The number of carboxylic acids is 1. The van der Waals surface area contributed by atoms with E-state index in [-0.39, 0.29) is 13.2 Å². The van der Waals surface area contributed by atoms with Crippen LogP contribution in [0.4, 0.5) is 0 Å². The van der Waals surface area contributed by atoms with Crippen molar-refractivity contribution in [1.82, 2.24) is 38.5 Å². The summed E-state index contributed by atoms with van der Waals surface area (Å²) in [6.45, 7) is 16.4. The maximum atomic E-state index is 9.65. The topological polar surface area (TPSA) is 246 Å². The zero-order valence-corrected chi connectivity index (χ0v) is 70.6. The summed E-state index contributed by atoms with van der Waals surface area (Å²) in [6, 6.07) is 25.4. The molecule has 6 aromatic heterocycles. The smallest absolute Gasteiger partial charge is 0.328 e. The number of aromatic amines is 3. The highest BCUT2D eigenvalue weighted by atomic mass is 17.1. The van der Waals surface area contributed by atoms with Crippen molar-refractivity contribution in [1.29, 1.82) is 0 Å². The van der Waals surface area contributed by atoms with E-state index < -0.39 is 5.97 Å².